The van der Waals surface area contributed by atoms with Gasteiger partial charge in [0.15, 0.2) is 0 Å². The van der Waals surface area contributed by atoms with Crippen molar-refractivity contribution in [3.8, 4) is 11.1 Å². The zero-order valence-electron chi connectivity index (χ0n) is 22.3. The van der Waals surface area contributed by atoms with Gasteiger partial charge in [0.05, 0.1) is 18.8 Å². The topological polar surface area (TPSA) is 95.6 Å². The maximum absolute atomic E-state index is 13.8. The molecule has 0 radical (unpaired) electrons. The minimum absolute atomic E-state index is 0.0378. The summed E-state index contributed by atoms with van der Waals surface area (Å²) in [6.07, 6.45) is 12.7. The highest BCUT2D eigenvalue weighted by molar-refractivity contribution is 5.94. The summed E-state index contributed by atoms with van der Waals surface area (Å²) in [4.78, 5) is 30.7. The largest absolute Gasteiger partial charge is 0.445 e. The molecule has 1 aromatic carbocycles. The number of amides is 1. The molecule has 5 rings (SSSR count). The Kier molecular flexibility index (Phi) is 8.13. The average Bonchev–Trinajstić information content (AvgIpc) is 3.49. The van der Waals surface area contributed by atoms with E-state index in [2.05, 4.69) is 33.2 Å². The van der Waals surface area contributed by atoms with Crippen LogP contribution in [-0.4, -0.2) is 46.2 Å². The number of aliphatic hydroxyl groups excluding tert-OH is 1. The van der Waals surface area contributed by atoms with Crippen molar-refractivity contribution in [2.24, 2.45) is 5.92 Å². The van der Waals surface area contributed by atoms with Crippen LogP contribution in [0.2, 0.25) is 0 Å². The van der Waals surface area contributed by atoms with Gasteiger partial charge in [-0.15, -0.1) is 0 Å². The maximum atomic E-state index is 13.8. The summed E-state index contributed by atoms with van der Waals surface area (Å²) in [6, 6.07) is 16.1. The number of hydrogen-bond donors (Lipinski definition) is 1. The molecule has 0 aliphatic heterocycles. The van der Waals surface area contributed by atoms with E-state index in [1.165, 1.54) is 6.26 Å². The van der Waals surface area contributed by atoms with Crippen LogP contribution in [0.5, 0.6) is 0 Å². The van der Waals surface area contributed by atoms with Crippen LogP contribution in [-0.2, 0) is 11.3 Å². The molecule has 3 aromatic heterocycles. The predicted molar refractivity (Wildman–Crippen MR) is 153 cm³/mol. The molecule has 4 aromatic rings. The maximum Gasteiger partial charge on any atom is 0.231 e. The third-order valence-electron chi connectivity index (χ3n) is 7.06. The highest BCUT2D eigenvalue weighted by Crippen LogP contribution is 2.29. The minimum Gasteiger partial charge on any atom is -0.445 e. The van der Waals surface area contributed by atoms with Crippen LogP contribution >= 0.6 is 0 Å². The number of pyridine rings is 2. The van der Waals surface area contributed by atoms with Gasteiger partial charge in [-0.2, -0.15) is 0 Å². The van der Waals surface area contributed by atoms with Crippen molar-refractivity contribution in [3.05, 3.63) is 90.4 Å². The SMILES string of the molecule is CN(C)c1ccc(-c2ccc(CN(C(=O)C3CCC(O)CC3)c3cc(/C=C/c4ncco4)ccn3)cc2)cn1. The molecule has 0 spiro atoms. The number of aliphatic hydroxyl groups is 1. The first-order valence-electron chi connectivity index (χ1n) is 13.2. The smallest absolute Gasteiger partial charge is 0.231 e. The molecule has 39 heavy (non-hydrogen) atoms. The van der Waals surface area contributed by atoms with Crippen molar-refractivity contribution >= 4 is 29.7 Å². The Bertz CT molecular complexity index is 1390. The lowest BCUT2D eigenvalue weighted by Crippen LogP contribution is -2.38. The molecule has 0 unspecified atom stereocenters. The minimum atomic E-state index is -0.321. The van der Waals surface area contributed by atoms with Gasteiger partial charge in [0, 0.05) is 44.0 Å². The Labute approximate surface area is 228 Å². The van der Waals surface area contributed by atoms with Crippen molar-refractivity contribution < 1.29 is 14.3 Å². The van der Waals surface area contributed by atoms with E-state index < -0.39 is 0 Å². The van der Waals surface area contributed by atoms with Gasteiger partial charge < -0.3 is 14.4 Å². The lowest BCUT2D eigenvalue weighted by molar-refractivity contribution is -0.124. The van der Waals surface area contributed by atoms with Gasteiger partial charge in [0.2, 0.25) is 11.8 Å². The number of carbonyl (C=O) groups is 1. The Balaban J connectivity index is 1.39. The summed E-state index contributed by atoms with van der Waals surface area (Å²) in [5.74, 6) is 1.91. The molecule has 1 saturated carbocycles. The van der Waals surface area contributed by atoms with Gasteiger partial charge in [-0.3, -0.25) is 9.69 Å². The van der Waals surface area contributed by atoms with Gasteiger partial charge >= 0.3 is 0 Å². The standard InChI is InChI=1S/C31H33N5O3/c1-35(2)28-13-10-26(20-34-28)24-6-3-23(4-7-24)21-36(31(38)25-8-11-27(37)12-9-25)29-19-22(15-16-32-29)5-14-30-33-17-18-39-30/h3-7,10,13-20,25,27,37H,8-9,11-12,21H2,1-2H3/b14-5+. The fraction of sp³-hybridized carbons (Fsp3) is 0.290. The average molecular weight is 524 g/mol. The Morgan fingerprint density at radius 2 is 1.69 bits per heavy atom. The number of aromatic nitrogens is 3. The Morgan fingerprint density at radius 1 is 0.923 bits per heavy atom. The first-order chi connectivity index (χ1) is 19.0. The lowest BCUT2D eigenvalue weighted by Gasteiger charge is -2.30. The highest BCUT2D eigenvalue weighted by atomic mass is 16.3. The summed E-state index contributed by atoms with van der Waals surface area (Å²) >= 11 is 0. The Hall–Kier alpha value is -4.30. The molecule has 0 atom stereocenters. The summed E-state index contributed by atoms with van der Waals surface area (Å²) in [7, 11) is 3.94. The number of hydrogen-bond acceptors (Lipinski definition) is 7. The van der Waals surface area contributed by atoms with Gasteiger partial charge in [0.25, 0.3) is 0 Å². The third kappa shape index (κ3) is 6.59. The highest BCUT2D eigenvalue weighted by Gasteiger charge is 2.30. The number of nitrogens with zero attached hydrogens (tertiary/aromatic N) is 5. The van der Waals surface area contributed by atoms with Crippen LogP contribution in [0.25, 0.3) is 23.3 Å². The molecule has 8 nitrogen and oxygen atoms in total. The van der Waals surface area contributed by atoms with E-state index in [0.717, 1.165) is 28.1 Å². The molecular formula is C31H33N5O3. The second kappa shape index (κ2) is 12.0. The van der Waals surface area contributed by atoms with Crippen LogP contribution in [0.1, 0.15) is 42.7 Å². The number of anilines is 2. The van der Waals surface area contributed by atoms with E-state index >= 15 is 0 Å². The molecule has 0 bridgehead atoms. The number of oxazole rings is 1. The molecule has 0 saturated heterocycles. The zero-order valence-corrected chi connectivity index (χ0v) is 22.3. The summed E-state index contributed by atoms with van der Waals surface area (Å²) in [5.41, 5.74) is 3.99. The summed E-state index contributed by atoms with van der Waals surface area (Å²) in [5, 5.41) is 9.97. The predicted octanol–water partition coefficient (Wildman–Crippen LogP) is 5.45. The molecule has 3 heterocycles. The quantitative estimate of drug-likeness (QED) is 0.328. The monoisotopic (exact) mass is 523 g/mol. The molecular weight excluding hydrogens is 490 g/mol. The van der Waals surface area contributed by atoms with E-state index in [-0.39, 0.29) is 17.9 Å². The van der Waals surface area contributed by atoms with Gasteiger partial charge in [0.1, 0.15) is 17.9 Å². The van der Waals surface area contributed by atoms with Gasteiger partial charge in [-0.25, -0.2) is 15.0 Å². The van der Waals surface area contributed by atoms with E-state index in [1.54, 1.807) is 23.4 Å². The van der Waals surface area contributed by atoms with Crippen molar-refractivity contribution in [2.75, 3.05) is 23.9 Å². The van der Waals surface area contributed by atoms with Crippen LogP contribution in [0.3, 0.4) is 0 Å². The fourth-order valence-electron chi connectivity index (χ4n) is 4.79. The summed E-state index contributed by atoms with van der Waals surface area (Å²) < 4.78 is 5.29. The molecule has 1 amide bonds. The Morgan fingerprint density at radius 3 is 2.36 bits per heavy atom. The first kappa shape index (κ1) is 26.3. The first-order valence-corrected chi connectivity index (χ1v) is 13.2. The lowest BCUT2D eigenvalue weighted by atomic mass is 9.86. The summed E-state index contributed by atoms with van der Waals surface area (Å²) in [6.45, 7) is 0.399. The van der Waals surface area contributed by atoms with Crippen molar-refractivity contribution in [2.45, 2.75) is 38.3 Å². The number of carbonyl (C=O) groups excluding carboxylic acids is 1. The molecule has 1 fully saturated rings. The van der Waals surface area contributed by atoms with E-state index in [1.807, 2.05) is 61.6 Å². The van der Waals surface area contributed by atoms with Crippen LogP contribution in [0.4, 0.5) is 11.6 Å². The fourth-order valence-corrected chi connectivity index (χ4v) is 4.79. The number of rotatable bonds is 8. The third-order valence-corrected chi connectivity index (χ3v) is 7.06. The van der Waals surface area contributed by atoms with Crippen LogP contribution in [0.15, 0.2) is 77.8 Å². The molecule has 1 N–H and O–H groups in total. The van der Waals surface area contributed by atoms with Crippen molar-refractivity contribution in [3.63, 3.8) is 0 Å². The van der Waals surface area contributed by atoms with Crippen molar-refractivity contribution in [1.29, 1.82) is 0 Å². The van der Waals surface area contributed by atoms with E-state index in [0.29, 0.717) is 43.9 Å². The zero-order chi connectivity index (χ0) is 27.2. The normalized spacial score (nSPS) is 17.3. The molecule has 1 aliphatic carbocycles. The second-order valence-electron chi connectivity index (χ2n) is 10.1. The number of benzene rings is 1. The van der Waals surface area contributed by atoms with E-state index in [9.17, 15) is 9.90 Å². The second-order valence-corrected chi connectivity index (χ2v) is 10.1. The molecule has 1 aliphatic rings. The van der Waals surface area contributed by atoms with Crippen LogP contribution in [0, 0.1) is 5.92 Å². The van der Waals surface area contributed by atoms with Crippen LogP contribution < -0.4 is 9.80 Å². The van der Waals surface area contributed by atoms with Gasteiger partial charge in [-0.1, -0.05) is 24.3 Å². The van der Waals surface area contributed by atoms with Gasteiger partial charge in [-0.05, 0) is 72.7 Å². The van der Waals surface area contributed by atoms with E-state index in [4.69, 9.17) is 4.42 Å². The van der Waals surface area contributed by atoms with Crippen molar-refractivity contribution in [1.82, 2.24) is 15.0 Å². The molecule has 8 heteroatoms. The molecule has 200 valence electrons.